The first-order valence-corrected chi connectivity index (χ1v) is 11.6. The van der Waals surface area contributed by atoms with Gasteiger partial charge in [0.25, 0.3) is 0 Å². The number of hydrogen-bond acceptors (Lipinski definition) is 7. The first kappa shape index (κ1) is 21.5. The number of likely N-dealkylation sites (N-methyl/N-ethyl adjacent to an activating group) is 1. The SMILES string of the molecule is CCOC(=O)C[C@@H]1C(=O)N(C)c2ccccc2[C@@H]2[C@H](S(=O)(=O)c3ccccc3)CON12. The van der Waals surface area contributed by atoms with Gasteiger partial charge in [0.05, 0.1) is 30.6 Å². The van der Waals surface area contributed by atoms with Gasteiger partial charge in [0.1, 0.15) is 11.3 Å². The number of hydroxylamine groups is 2. The van der Waals surface area contributed by atoms with Crippen molar-refractivity contribution in [2.24, 2.45) is 0 Å². The smallest absolute Gasteiger partial charge is 0.308 e. The second-order valence-corrected chi connectivity index (χ2v) is 9.64. The third-order valence-corrected chi connectivity index (χ3v) is 7.81. The Morgan fingerprint density at radius 2 is 1.81 bits per heavy atom. The van der Waals surface area contributed by atoms with E-state index in [1.807, 2.05) is 0 Å². The molecule has 2 aliphatic rings. The van der Waals surface area contributed by atoms with Crippen molar-refractivity contribution in [1.29, 1.82) is 0 Å². The molecule has 8 nitrogen and oxygen atoms in total. The molecule has 0 unspecified atom stereocenters. The third-order valence-electron chi connectivity index (χ3n) is 5.69. The summed E-state index contributed by atoms with van der Waals surface area (Å²) in [6, 6.07) is 13.6. The predicted octanol–water partition coefficient (Wildman–Crippen LogP) is 2.12. The molecule has 0 aliphatic carbocycles. The lowest BCUT2D eigenvalue weighted by Crippen LogP contribution is -2.46. The first-order valence-electron chi connectivity index (χ1n) is 10.1. The molecule has 9 heteroatoms. The molecule has 0 saturated carbocycles. The molecule has 1 saturated heterocycles. The molecule has 2 aromatic carbocycles. The van der Waals surface area contributed by atoms with Gasteiger partial charge in [-0.05, 0) is 30.7 Å². The van der Waals surface area contributed by atoms with Crippen LogP contribution < -0.4 is 4.90 Å². The maximum Gasteiger partial charge on any atom is 0.308 e. The quantitative estimate of drug-likeness (QED) is 0.652. The van der Waals surface area contributed by atoms with E-state index in [1.165, 1.54) is 9.96 Å². The van der Waals surface area contributed by atoms with Crippen LogP contribution in [0, 0.1) is 0 Å². The lowest BCUT2D eigenvalue weighted by atomic mass is 10.0. The number of anilines is 1. The monoisotopic (exact) mass is 444 g/mol. The molecule has 2 aliphatic heterocycles. The van der Waals surface area contributed by atoms with E-state index in [0.717, 1.165) is 0 Å². The summed E-state index contributed by atoms with van der Waals surface area (Å²) in [4.78, 5) is 33.0. The number of sulfone groups is 1. The van der Waals surface area contributed by atoms with Crippen LogP contribution in [0.4, 0.5) is 5.69 Å². The van der Waals surface area contributed by atoms with Crippen molar-refractivity contribution < 1.29 is 27.6 Å². The Labute approximate surface area is 181 Å². The molecule has 0 N–H and O–H groups in total. The minimum Gasteiger partial charge on any atom is -0.466 e. The molecule has 0 radical (unpaired) electrons. The maximum atomic E-state index is 13.5. The number of nitrogens with zero attached hydrogens (tertiary/aromatic N) is 2. The molecule has 164 valence electrons. The fourth-order valence-electron chi connectivity index (χ4n) is 4.21. The Hall–Kier alpha value is -2.75. The summed E-state index contributed by atoms with van der Waals surface area (Å²) in [7, 11) is -2.16. The molecular weight excluding hydrogens is 420 g/mol. The second-order valence-electron chi connectivity index (χ2n) is 7.48. The van der Waals surface area contributed by atoms with E-state index in [-0.39, 0.29) is 30.4 Å². The van der Waals surface area contributed by atoms with Crippen LogP contribution in [0.3, 0.4) is 0 Å². The number of fused-ring (bicyclic) bond motifs is 3. The zero-order valence-electron chi connectivity index (χ0n) is 17.3. The van der Waals surface area contributed by atoms with E-state index < -0.39 is 33.1 Å². The Bertz CT molecular complexity index is 1090. The van der Waals surface area contributed by atoms with Gasteiger partial charge < -0.3 is 9.64 Å². The zero-order chi connectivity index (χ0) is 22.2. The van der Waals surface area contributed by atoms with E-state index in [1.54, 1.807) is 68.6 Å². The summed E-state index contributed by atoms with van der Waals surface area (Å²) >= 11 is 0. The number of hydrogen-bond donors (Lipinski definition) is 0. The van der Waals surface area contributed by atoms with Crippen molar-refractivity contribution >= 4 is 27.4 Å². The number of carbonyl (C=O) groups excluding carboxylic acids is 2. The lowest BCUT2D eigenvalue weighted by molar-refractivity contribution is -0.179. The topological polar surface area (TPSA) is 93.2 Å². The van der Waals surface area contributed by atoms with E-state index in [2.05, 4.69) is 0 Å². The van der Waals surface area contributed by atoms with Crippen molar-refractivity contribution in [1.82, 2.24) is 5.06 Å². The first-order chi connectivity index (χ1) is 14.9. The van der Waals surface area contributed by atoms with Gasteiger partial charge in [0, 0.05) is 12.7 Å². The third kappa shape index (κ3) is 3.73. The highest BCUT2D eigenvalue weighted by atomic mass is 32.2. The van der Waals surface area contributed by atoms with Crippen LogP contribution in [0.25, 0.3) is 0 Å². The van der Waals surface area contributed by atoms with Crippen molar-refractivity contribution in [3.05, 3.63) is 60.2 Å². The number of esters is 1. The lowest BCUT2D eigenvalue weighted by Gasteiger charge is -2.29. The molecule has 0 spiro atoms. The van der Waals surface area contributed by atoms with E-state index in [4.69, 9.17) is 9.57 Å². The van der Waals surface area contributed by atoms with Gasteiger partial charge >= 0.3 is 5.97 Å². The number of carbonyl (C=O) groups is 2. The Kier molecular flexibility index (Phi) is 5.83. The summed E-state index contributed by atoms with van der Waals surface area (Å²) in [5, 5.41) is 0.437. The van der Waals surface area contributed by atoms with E-state index in [0.29, 0.717) is 11.3 Å². The van der Waals surface area contributed by atoms with Crippen molar-refractivity contribution in [3.63, 3.8) is 0 Å². The fraction of sp³-hybridized carbons (Fsp3) is 0.364. The second kappa shape index (κ2) is 8.41. The molecule has 2 aromatic rings. The molecule has 2 heterocycles. The van der Waals surface area contributed by atoms with Gasteiger partial charge in [-0.2, -0.15) is 5.06 Å². The van der Waals surface area contributed by atoms with Crippen LogP contribution in [-0.4, -0.2) is 56.9 Å². The Balaban J connectivity index is 1.82. The number of amides is 1. The van der Waals surface area contributed by atoms with E-state index >= 15 is 0 Å². The zero-order valence-corrected chi connectivity index (χ0v) is 18.1. The molecule has 0 aromatic heterocycles. The normalized spacial score (nSPS) is 23.7. The highest BCUT2D eigenvalue weighted by molar-refractivity contribution is 7.92. The van der Waals surface area contributed by atoms with Crippen molar-refractivity contribution in [2.75, 3.05) is 25.2 Å². The average molecular weight is 445 g/mol. The minimum atomic E-state index is -3.78. The Morgan fingerprint density at radius 1 is 1.13 bits per heavy atom. The summed E-state index contributed by atoms with van der Waals surface area (Å²) < 4.78 is 32.1. The van der Waals surface area contributed by atoms with Crippen molar-refractivity contribution in [3.8, 4) is 0 Å². The molecule has 4 rings (SSSR count). The van der Waals surface area contributed by atoms with Gasteiger partial charge in [0.2, 0.25) is 5.91 Å². The summed E-state index contributed by atoms with van der Waals surface area (Å²) in [5.41, 5.74) is 1.25. The van der Waals surface area contributed by atoms with Gasteiger partial charge in [-0.3, -0.25) is 14.4 Å². The molecular formula is C22H24N2O6S. The highest BCUT2D eigenvalue weighted by Crippen LogP contribution is 2.44. The molecule has 31 heavy (non-hydrogen) atoms. The fourth-order valence-corrected chi connectivity index (χ4v) is 5.94. The summed E-state index contributed by atoms with van der Waals surface area (Å²) in [6.07, 6.45) is -0.237. The van der Waals surface area contributed by atoms with Crippen LogP contribution in [0.15, 0.2) is 59.5 Å². The van der Waals surface area contributed by atoms with Crippen LogP contribution in [0.2, 0.25) is 0 Å². The van der Waals surface area contributed by atoms with Gasteiger partial charge in [0.15, 0.2) is 9.84 Å². The Morgan fingerprint density at radius 3 is 2.52 bits per heavy atom. The van der Waals surface area contributed by atoms with Gasteiger partial charge in [-0.1, -0.05) is 36.4 Å². The van der Waals surface area contributed by atoms with Gasteiger partial charge in [-0.15, -0.1) is 0 Å². The standard InChI is InChI=1S/C22H24N2O6S/c1-3-29-20(25)13-18-22(26)23(2)17-12-8-7-11-16(17)21-19(14-30-24(18)21)31(27,28)15-9-5-4-6-10-15/h4-12,18-19,21H,3,13-14H2,1-2H3/t18-,19-,21-/m1/s1. The van der Waals surface area contributed by atoms with E-state index in [9.17, 15) is 18.0 Å². The summed E-state index contributed by atoms with van der Waals surface area (Å²) in [6.45, 7) is 1.75. The number of ether oxygens (including phenoxy) is 1. The minimum absolute atomic E-state index is 0.119. The average Bonchev–Trinajstić information content (AvgIpc) is 3.20. The van der Waals surface area contributed by atoms with Crippen molar-refractivity contribution in [2.45, 2.75) is 35.6 Å². The largest absolute Gasteiger partial charge is 0.466 e. The van der Waals surface area contributed by atoms with Crippen LogP contribution in [0.5, 0.6) is 0 Å². The van der Waals surface area contributed by atoms with Crippen LogP contribution >= 0.6 is 0 Å². The molecule has 3 atom stereocenters. The number of benzene rings is 2. The van der Waals surface area contributed by atoms with Crippen LogP contribution in [-0.2, 0) is 29.0 Å². The number of para-hydroxylation sites is 1. The maximum absolute atomic E-state index is 13.5. The molecule has 0 bridgehead atoms. The molecule has 1 amide bonds. The summed E-state index contributed by atoms with van der Waals surface area (Å²) in [5.74, 6) is -0.905. The highest BCUT2D eigenvalue weighted by Gasteiger charge is 2.52. The molecule has 1 fully saturated rings. The predicted molar refractivity (Wildman–Crippen MR) is 113 cm³/mol. The number of rotatable bonds is 5. The van der Waals surface area contributed by atoms with Gasteiger partial charge in [-0.25, -0.2) is 8.42 Å². The van der Waals surface area contributed by atoms with Crippen LogP contribution in [0.1, 0.15) is 24.9 Å².